The SMILES string of the molecule is CC(NCc1cc(Cl)ccc1F)c1nn[nH]n1. The maximum Gasteiger partial charge on any atom is 0.191 e. The van der Waals surface area contributed by atoms with Gasteiger partial charge in [-0.05, 0) is 25.1 Å². The van der Waals surface area contributed by atoms with Gasteiger partial charge >= 0.3 is 0 Å². The quantitative estimate of drug-likeness (QED) is 0.875. The van der Waals surface area contributed by atoms with Crippen molar-refractivity contribution >= 4 is 11.6 Å². The van der Waals surface area contributed by atoms with Crippen LogP contribution < -0.4 is 5.32 Å². The first-order valence-corrected chi connectivity index (χ1v) is 5.45. The molecule has 0 radical (unpaired) electrons. The molecule has 17 heavy (non-hydrogen) atoms. The number of benzene rings is 1. The minimum atomic E-state index is -0.290. The predicted molar refractivity (Wildman–Crippen MR) is 60.8 cm³/mol. The summed E-state index contributed by atoms with van der Waals surface area (Å²) in [5.74, 6) is 0.245. The Morgan fingerprint density at radius 1 is 1.53 bits per heavy atom. The topological polar surface area (TPSA) is 66.5 Å². The lowest BCUT2D eigenvalue weighted by atomic mass is 10.2. The normalized spacial score (nSPS) is 12.6. The van der Waals surface area contributed by atoms with Gasteiger partial charge in [-0.25, -0.2) is 4.39 Å². The van der Waals surface area contributed by atoms with E-state index in [1.165, 1.54) is 12.1 Å². The maximum absolute atomic E-state index is 13.4. The number of aromatic amines is 1. The van der Waals surface area contributed by atoms with Gasteiger partial charge in [-0.1, -0.05) is 16.8 Å². The molecule has 0 aliphatic rings. The number of aromatic nitrogens is 4. The Hall–Kier alpha value is -1.53. The summed E-state index contributed by atoms with van der Waals surface area (Å²) < 4.78 is 13.4. The van der Waals surface area contributed by atoms with Crippen molar-refractivity contribution < 1.29 is 4.39 Å². The van der Waals surface area contributed by atoms with E-state index in [1.54, 1.807) is 6.07 Å². The Bertz CT molecular complexity index is 487. The molecule has 1 heterocycles. The number of hydrogen-bond donors (Lipinski definition) is 2. The zero-order chi connectivity index (χ0) is 12.3. The van der Waals surface area contributed by atoms with Crippen molar-refractivity contribution in [3.63, 3.8) is 0 Å². The molecular formula is C10H11ClFN5. The van der Waals surface area contributed by atoms with Gasteiger partial charge in [-0.2, -0.15) is 5.21 Å². The highest BCUT2D eigenvalue weighted by molar-refractivity contribution is 6.30. The van der Waals surface area contributed by atoms with Gasteiger partial charge in [0.15, 0.2) is 5.82 Å². The molecule has 0 aliphatic carbocycles. The van der Waals surface area contributed by atoms with Crippen LogP contribution in [-0.4, -0.2) is 20.6 Å². The van der Waals surface area contributed by atoms with Crippen LogP contribution >= 0.6 is 11.6 Å². The minimum Gasteiger partial charge on any atom is -0.303 e. The molecule has 0 bridgehead atoms. The van der Waals surface area contributed by atoms with Gasteiger partial charge in [0, 0.05) is 17.1 Å². The van der Waals surface area contributed by atoms with Crippen molar-refractivity contribution in [1.82, 2.24) is 25.9 Å². The van der Waals surface area contributed by atoms with Crippen LogP contribution in [0.5, 0.6) is 0 Å². The number of nitrogens with zero attached hydrogens (tertiary/aromatic N) is 3. The van der Waals surface area contributed by atoms with Crippen LogP contribution in [0.2, 0.25) is 5.02 Å². The van der Waals surface area contributed by atoms with E-state index in [0.29, 0.717) is 23.0 Å². The lowest BCUT2D eigenvalue weighted by Gasteiger charge is -2.10. The fourth-order valence-corrected chi connectivity index (χ4v) is 1.58. The Morgan fingerprint density at radius 2 is 2.35 bits per heavy atom. The highest BCUT2D eigenvalue weighted by atomic mass is 35.5. The van der Waals surface area contributed by atoms with E-state index in [2.05, 4.69) is 25.9 Å². The highest BCUT2D eigenvalue weighted by Gasteiger charge is 2.10. The molecule has 1 aromatic carbocycles. The molecule has 0 aliphatic heterocycles. The molecule has 7 heteroatoms. The van der Waals surface area contributed by atoms with Gasteiger partial charge in [0.2, 0.25) is 0 Å². The van der Waals surface area contributed by atoms with Gasteiger partial charge in [-0.15, -0.1) is 10.2 Å². The molecule has 0 saturated heterocycles. The van der Waals surface area contributed by atoms with Crippen LogP contribution in [-0.2, 0) is 6.54 Å². The second-order valence-corrected chi connectivity index (χ2v) is 4.04. The lowest BCUT2D eigenvalue weighted by Crippen LogP contribution is -2.20. The molecular weight excluding hydrogens is 245 g/mol. The summed E-state index contributed by atoms with van der Waals surface area (Å²) >= 11 is 5.80. The molecule has 1 aromatic heterocycles. The third-order valence-electron chi connectivity index (χ3n) is 2.36. The van der Waals surface area contributed by atoms with E-state index in [-0.39, 0.29) is 11.9 Å². The van der Waals surface area contributed by atoms with Crippen LogP contribution in [0, 0.1) is 5.82 Å². The molecule has 1 unspecified atom stereocenters. The van der Waals surface area contributed by atoms with Gasteiger partial charge in [-0.3, -0.25) is 0 Å². The molecule has 2 rings (SSSR count). The minimum absolute atomic E-state index is 0.118. The lowest BCUT2D eigenvalue weighted by molar-refractivity contribution is 0.526. The molecule has 0 spiro atoms. The second-order valence-electron chi connectivity index (χ2n) is 3.61. The summed E-state index contributed by atoms with van der Waals surface area (Å²) in [6.07, 6.45) is 0. The fourth-order valence-electron chi connectivity index (χ4n) is 1.39. The summed E-state index contributed by atoms with van der Waals surface area (Å²) in [5, 5.41) is 17.1. The number of tetrazole rings is 1. The van der Waals surface area contributed by atoms with Crippen molar-refractivity contribution in [3.8, 4) is 0 Å². The maximum atomic E-state index is 13.4. The molecule has 90 valence electrons. The van der Waals surface area contributed by atoms with Crippen molar-refractivity contribution in [3.05, 3.63) is 40.4 Å². The Labute approximate surface area is 102 Å². The summed E-state index contributed by atoms with van der Waals surface area (Å²) in [6.45, 7) is 2.22. The molecule has 2 N–H and O–H groups in total. The predicted octanol–water partition coefficient (Wildman–Crippen LogP) is 1.84. The number of halogens is 2. The number of H-pyrrole nitrogens is 1. The van der Waals surface area contributed by atoms with Crippen LogP contribution in [0.4, 0.5) is 4.39 Å². The summed E-state index contributed by atoms with van der Waals surface area (Å²) in [7, 11) is 0. The van der Waals surface area contributed by atoms with Crippen molar-refractivity contribution in [2.45, 2.75) is 19.5 Å². The van der Waals surface area contributed by atoms with Gasteiger partial charge in [0.05, 0.1) is 6.04 Å². The van der Waals surface area contributed by atoms with Crippen molar-refractivity contribution in [1.29, 1.82) is 0 Å². The molecule has 1 atom stereocenters. The average molecular weight is 256 g/mol. The number of nitrogens with one attached hydrogen (secondary N) is 2. The number of rotatable bonds is 4. The van der Waals surface area contributed by atoms with Gasteiger partial charge < -0.3 is 5.32 Å². The first kappa shape index (κ1) is 11.9. The smallest absolute Gasteiger partial charge is 0.191 e. The van der Waals surface area contributed by atoms with Gasteiger partial charge in [0.1, 0.15) is 5.82 Å². The van der Waals surface area contributed by atoms with Crippen LogP contribution in [0.1, 0.15) is 24.4 Å². The van der Waals surface area contributed by atoms with E-state index in [4.69, 9.17) is 11.6 Å². The first-order chi connectivity index (χ1) is 8.16. The van der Waals surface area contributed by atoms with Crippen LogP contribution in [0.3, 0.4) is 0 Å². The van der Waals surface area contributed by atoms with E-state index in [1.807, 2.05) is 6.92 Å². The monoisotopic (exact) mass is 255 g/mol. The van der Waals surface area contributed by atoms with E-state index >= 15 is 0 Å². The van der Waals surface area contributed by atoms with E-state index < -0.39 is 0 Å². The standard InChI is InChI=1S/C10H11ClFN5/c1-6(10-14-16-17-15-10)13-5-7-4-8(11)2-3-9(7)12/h2-4,6,13H,5H2,1H3,(H,14,15,16,17). The molecule has 5 nitrogen and oxygen atoms in total. The number of hydrogen-bond acceptors (Lipinski definition) is 4. The second kappa shape index (κ2) is 5.20. The van der Waals surface area contributed by atoms with Crippen molar-refractivity contribution in [2.75, 3.05) is 0 Å². The Kier molecular flexibility index (Phi) is 3.65. The fraction of sp³-hybridized carbons (Fsp3) is 0.300. The third kappa shape index (κ3) is 2.98. The zero-order valence-corrected chi connectivity index (χ0v) is 9.87. The van der Waals surface area contributed by atoms with Crippen LogP contribution in [0.25, 0.3) is 0 Å². The molecule has 0 saturated carbocycles. The van der Waals surface area contributed by atoms with E-state index in [9.17, 15) is 4.39 Å². The summed E-state index contributed by atoms with van der Waals surface area (Å²) in [4.78, 5) is 0. The largest absolute Gasteiger partial charge is 0.303 e. The Morgan fingerprint density at radius 3 is 3.06 bits per heavy atom. The average Bonchev–Trinajstić information content (AvgIpc) is 2.83. The van der Waals surface area contributed by atoms with Gasteiger partial charge in [0.25, 0.3) is 0 Å². The first-order valence-electron chi connectivity index (χ1n) is 5.07. The molecule has 0 amide bonds. The highest BCUT2D eigenvalue weighted by Crippen LogP contribution is 2.15. The summed E-state index contributed by atoms with van der Waals surface area (Å²) in [5.41, 5.74) is 0.507. The van der Waals surface area contributed by atoms with Crippen LogP contribution in [0.15, 0.2) is 18.2 Å². The van der Waals surface area contributed by atoms with E-state index in [0.717, 1.165) is 0 Å². The molecule has 2 aromatic rings. The van der Waals surface area contributed by atoms with Crippen molar-refractivity contribution in [2.24, 2.45) is 0 Å². The Balaban J connectivity index is 2.00. The third-order valence-corrected chi connectivity index (χ3v) is 2.59. The zero-order valence-electron chi connectivity index (χ0n) is 9.11. The molecule has 0 fully saturated rings. The summed E-state index contributed by atoms with van der Waals surface area (Å²) in [6, 6.07) is 4.33.